The third kappa shape index (κ3) is 6.84. The zero-order valence-corrected chi connectivity index (χ0v) is 12.6. The van der Waals surface area contributed by atoms with Crippen molar-refractivity contribution in [2.75, 3.05) is 19.6 Å². The smallest absolute Gasteiger partial charge is 0.191 e. The van der Waals surface area contributed by atoms with Crippen molar-refractivity contribution in [1.29, 1.82) is 0 Å². The van der Waals surface area contributed by atoms with Crippen LogP contribution in [-0.2, 0) is 6.54 Å². The van der Waals surface area contributed by atoms with Crippen molar-refractivity contribution in [1.82, 2.24) is 20.4 Å². The van der Waals surface area contributed by atoms with Gasteiger partial charge in [0.1, 0.15) is 0 Å². The van der Waals surface area contributed by atoms with Crippen LogP contribution in [0.4, 0.5) is 0 Å². The minimum absolute atomic E-state index is 0.693. The Bertz CT molecular complexity index is 381. The first-order chi connectivity index (χ1) is 9.11. The largest absolute Gasteiger partial charge is 0.357 e. The maximum absolute atomic E-state index is 4.55. The fourth-order valence-electron chi connectivity index (χ4n) is 1.65. The summed E-state index contributed by atoms with van der Waals surface area (Å²) in [6, 6.07) is 0. The topological polar surface area (TPSA) is 54.2 Å². The van der Waals surface area contributed by atoms with E-state index in [1.165, 1.54) is 5.56 Å². The van der Waals surface area contributed by atoms with Crippen LogP contribution in [0, 0.1) is 12.8 Å². The minimum atomic E-state index is 0.693. The van der Waals surface area contributed by atoms with Crippen LogP contribution in [0.1, 0.15) is 32.8 Å². The number of hydrogen-bond acceptors (Lipinski definition) is 2. The summed E-state index contributed by atoms with van der Waals surface area (Å²) < 4.78 is 1.94. The molecular weight excluding hydrogens is 238 g/mol. The molecule has 0 fully saturated rings. The lowest BCUT2D eigenvalue weighted by Crippen LogP contribution is -2.39. The Morgan fingerprint density at radius 1 is 1.42 bits per heavy atom. The molecule has 5 heteroatoms. The molecule has 0 saturated carbocycles. The van der Waals surface area contributed by atoms with Crippen molar-refractivity contribution in [3.8, 4) is 0 Å². The average molecular weight is 265 g/mol. The average Bonchev–Trinajstić information content (AvgIpc) is 2.74. The number of aromatic nitrogens is 2. The molecule has 0 aliphatic rings. The molecule has 0 aliphatic carbocycles. The van der Waals surface area contributed by atoms with Crippen molar-refractivity contribution >= 4 is 5.96 Å². The predicted octanol–water partition coefficient (Wildman–Crippen LogP) is 1.79. The highest BCUT2D eigenvalue weighted by molar-refractivity contribution is 5.79. The van der Waals surface area contributed by atoms with Crippen LogP contribution < -0.4 is 10.6 Å². The van der Waals surface area contributed by atoms with Crippen LogP contribution in [0.15, 0.2) is 17.4 Å². The number of nitrogens with zero attached hydrogens (tertiary/aromatic N) is 3. The van der Waals surface area contributed by atoms with Gasteiger partial charge in [-0.1, -0.05) is 13.8 Å². The molecular formula is C14H27N5. The second-order valence-electron chi connectivity index (χ2n) is 5.15. The Kier molecular flexibility index (Phi) is 7.00. The molecule has 0 aromatic carbocycles. The Morgan fingerprint density at radius 3 is 2.79 bits per heavy atom. The predicted molar refractivity (Wildman–Crippen MR) is 80.4 cm³/mol. The Morgan fingerprint density at radius 2 is 2.21 bits per heavy atom. The molecule has 0 saturated heterocycles. The number of nitrogens with one attached hydrogen (secondary N) is 2. The van der Waals surface area contributed by atoms with Gasteiger partial charge < -0.3 is 10.6 Å². The Hall–Kier alpha value is -1.52. The van der Waals surface area contributed by atoms with Crippen LogP contribution in [0.25, 0.3) is 0 Å². The van der Waals surface area contributed by atoms with Gasteiger partial charge in [0.05, 0.1) is 12.7 Å². The summed E-state index contributed by atoms with van der Waals surface area (Å²) in [5.41, 5.74) is 1.19. The van der Waals surface area contributed by atoms with Gasteiger partial charge in [-0.25, -0.2) is 0 Å². The second-order valence-corrected chi connectivity index (χ2v) is 5.15. The van der Waals surface area contributed by atoms with Crippen LogP contribution in [0.2, 0.25) is 0 Å². The van der Waals surface area contributed by atoms with Gasteiger partial charge in [0.2, 0.25) is 0 Å². The zero-order valence-electron chi connectivity index (χ0n) is 12.6. The number of aliphatic imine (C=N–C) groups is 1. The Balaban J connectivity index is 2.32. The molecule has 0 aliphatic heterocycles. The van der Waals surface area contributed by atoms with E-state index in [0.29, 0.717) is 5.92 Å². The zero-order chi connectivity index (χ0) is 14.1. The van der Waals surface area contributed by atoms with Crippen LogP contribution in [-0.4, -0.2) is 35.4 Å². The van der Waals surface area contributed by atoms with E-state index in [1.807, 2.05) is 24.0 Å². The summed E-state index contributed by atoms with van der Waals surface area (Å²) in [4.78, 5) is 4.55. The fraction of sp³-hybridized carbons (Fsp3) is 0.714. The third-order valence-electron chi connectivity index (χ3n) is 2.72. The SMILES string of the molecule is CCNC(=NCCC(C)C)NCCn1cc(C)cn1. The molecule has 0 unspecified atom stereocenters. The van der Waals surface area contributed by atoms with Crippen molar-refractivity contribution in [3.05, 3.63) is 18.0 Å². The van der Waals surface area contributed by atoms with Gasteiger partial charge in [-0.3, -0.25) is 9.67 Å². The minimum Gasteiger partial charge on any atom is -0.357 e. The van der Waals surface area contributed by atoms with E-state index in [9.17, 15) is 0 Å². The van der Waals surface area contributed by atoms with Crippen molar-refractivity contribution in [2.45, 2.75) is 40.7 Å². The maximum atomic E-state index is 4.55. The van der Waals surface area contributed by atoms with Gasteiger partial charge in [0.15, 0.2) is 5.96 Å². The van der Waals surface area contributed by atoms with E-state index in [1.54, 1.807) is 0 Å². The van der Waals surface area contributed by atoms with E-state index in [-0.39, 0.29) is 0 Å². The standard InChI is InChI=1S/C14H27N5/c1-5-15-14(16-7-6-12(2)3)17-8-9-19-11-13(4)10-18-19/h10-12H,5-9H2,1-4H3,(H2,15,16,17). The van der Waals surface area contributed by atoms with Gasteiger partial charge >= 0.3 is 0 Å². The van der Waals surface area contributed by atoms with Crippen molar-refractivity contribution < 1.29 is 0 Å². The molecule has 1 heterocycles. The van der Waals surface area contributed by atoms with Crippen LogP contribution in [0.5, 0.6) is 0 Å². The van der Waals surface area contributed by atoms with Gasteiger partial charge in [0.25, 0.3) is 0 Å². The number of rotatable bonds is 7. The highest BCUT2D eigenvalue weighted by Crippen LogP contribution is 1.98. The molecule has 1 aromatic rings. The van der Waals surface area contributed by atoms with E-state index in [4.69, 9.17) is 0 Å². The molecule has 2 N–H and O–H groups in total. The lowest BCUT2D eigenvalue weighted by molar-refractivity contribution is 0.585. The lowest BCUT2D eigenvalue weighted by atomic mass is 10.1. The first-order valence-corrected chi connectivity index (χ1v) is 7.13. The third-order valence-corrected chi connectivity index (χ3v) is 2.72. The summed E-state index contributed by atoms with van der Waals surface area (Å²) in [5, 5.41) is 10.8. The number of guanidine groups is 1. The van der Waals surface area contributed by atoms with Crippen LogP contribution >= 0.6 is 0 Å². The molecule has 0 bridgehead atoms. The van der Waals surface area contributed by atoms with E-state index in [2.05, 4.69) is 41.5 Å². The summed E-state index contributed by atoms with van der Waals surface area (Å²) in [6.45, 7) is 12.0. The summed E-state index contributed by atoms with van der Waals surface area (Å²) >= 11 is 0. The molecule has 19 heavy (non-hydrogen) atoms. The molecule has 1 rings (SSSR count). The number of hydrogen-bond donors (Lipinski definition) is 2. The molecule has 108 valence electrons. The fourth-order valence-corrected chi connectivity index (χ4v) is 1.65. The van der Waals surface area contributed by atoms with Gasteiger partial charge in [-0.05, 0) is 31.7 Å². The normalized spacial score (nSPS) is 11.9. The molecule has 1 aromatic heterocycles. The lowest BCUT2D eigenvalue weighted by Gasteiger charge is -2.11. The van der Waals surface area contributed by atoms with E-state index >= 15 is 0 Å². The first kappa shape index (κ1) is 15.5. The van der Waals surface area contributed by atoms with Crippen LogP contribution in [0.3, 0.4) is 0 Å². The Labute approximate surface area is 116 Å². The summed E-state index contributed by atoms with van der Waals surface area (Å²) in [5.74, 6) is 1.59. The molecule has 0 atom stereocenters. The molecule has 5 nitrogen and oxygen atoms in total. The van der Waals surface area contributed by atoms with Gasteiger partial charge in [0, 0.05) is 25.8 Å². The van der Waals surface area contributed by atoms with E-state index < -0.39 is 0 Å². The summed E-state index contributed by atoms with van der Waals surface area (Å²) in [7, 11) is 0. The second kappa shape index (κ2) is 8.56. The highest BCUT2D eigenvalue weighted by Gasteiger charge is 1.99. The molecule has 0 spiro atoms. The van der Waals surface area contributed by atoms with Gasteiger partial charge in [-0.2, -0.15) is 5.10 Å². The van der Waals surface area contributed by atoms with Crippen molar-refractivity contribution in [3.63, 3.8) is 0 Å². The molecule has 0 amide bonds. The quantitative estimate of drug-likeness (QED) is 0.584. The molecule has 0 radical (unpaired) electrons. The first-order valence-electron chi connectivity index (χ1n) is 7.13. The number of aryl methyl sites for hydroxylation is 1. The maximum Gasteiger partial charge on any atom is 0.191 e. The monoisotopic (exact) mass is 265 g/mol. The highest BCUT2D eigenvalue weighted by atomic mass is 15.3. The van der Waals surface area contributed by atoms with E-state index in [0.717, 1.165) is 38.6 Å². The van der Waals surface area contributed by atoms with Gasteiger partial charge in [-0.15, -0.1) is 0 Å². The summed E-state index contributed by atoms with van der Waals surface area (Å²) in [6.07, 6.45) is 5.04. The van der Waals surface area contributed by atoms with Crippen molar-refractivity contribution in [2.24, 2.45) is 10.9 Å².